The Morgan fingerprint density at radius 2 is 2.43 bits per heavy atom. The van der Waals surface area contributed by atoms with Crippen LogP contribution < -0.4 is 0 Å². The van der Waals surface area contributed by atoms with Gasteiger partial charge in [-0.1, -0.05) is 13.3 Å². The van der Waals surface area contributed by atoms with E-state index in [1.807, 2.05) is 0 Å². The molecule has 0 spiro atoms. The summed E-state index contributed by atoms with van der Waals surface area (Å²) in [6.07, 6.45) is 2.23. The number of hydrogen-bond acceptors (Lipinski definition) is 2. The summed E-state index contributed by atoms with van der Waals surface area (Å²) in [7, 11) is 0. The lowest BCUT2D eigenvalue weighted by Gasteiger charge is -2.02. The van der Waals surface area contributed by atoms with Crippen LogP contribution in [0.1, 0.15) is 19.8 Å². The van der Waals surface area contributed by atoms with E-state index in [9.17, 15) is 5.21 Å². The fourth-order valence-electron chi connectivity index (χ4n) is 0.729. The Hall–Kier alpha value is -0.0800. The highest BCUT2D eigenvalue weighted by atomic mass is 16.5. The molecule has 1 aliphatic heterocycles. The molecule has 1 heterocycles. The second kappa shape index (κ2) is 1.80. The molecule has 2 atom stereocenters. The van der Waals surface area contributed by atoms with Gasteiger partial charge >= 0.3 is 0 Å². The minimum Gasteiger partial charge on any atom is -0.785 e. The lowest BCUT2D eigenvalue weighted by molar-refractivity contribution is 0.629. The molecule has 0 aromatic carbocycles. The van der Waals surface area contributed by atoms with E-state index in [0.717, 1.165) is 24.4 Å². The monoisotopic (exact) mass is 100 g/mol. The molecular weight excluding hydrogens is 90.1 g/mol. The molecule has 1 aliphatic rings. The summed E-state index contributed by atoms with van der Waals surface area (Å²) in [4.78, 5) is 0. The van der Waals surface area contributed by atoms with Crippen LogP contribution in [0, 0.1) is 5.21 Å². The van der Waals surface area contributed by atoms with Crippen LogP contribution in [0.25, 0.3) is 0 Å². The van der Waals surface area contributed by atoms with Crippen LogP contribution in [-0.2, 0) is 0 Å². The molecule has 0 aromatic rings. The second-order valence-corrected chi connectivity index (χ2v) is 2.04. The Bertz CT molecular complexity index is 65.1. The molecule has 2 unspecified atom stereocenters. The molecule has 0 saturated carbocycles. The molecule has 7 heavy (non-hydrogen) atoms. The molecule has 0 N–H and O–H groups in total. The third-order valence-corrected chi connectivity index (χ3v) is 1.29. The SMILES string of the molecule is CCCC1CN1[O-]. The predicted molar refractivity (Wildman–Crippen MR) is 28.8 cm³/mol. The van der Waals surface area contributed by atoms with Gasteiger partial charge in [0.05, 0.1) is 0 Å². The summed E-state index contributed by atoms with van der Waals surface area (Å²) in [5, 5.41) is 11.3. The third-order valence-electron chi connectivity index (χ3n) is 1.29. The summed E-state index contributed by atoms with van der Waals surface area (Å²) in [5.74, 6) is 0. The van der Waals surface area contributed by atoms with Crippen LogP contribution in [0.2, 0.25) is 0 Å². The highest BCUT2D eigenvalue weighted by Gasteiger charge is 2.22. The summed E-state index contributed by atoms with van der Waals surface area (Å²) >= 11 is 0. The first-order chi connectivity index (χ1) is 3.34. The first-order valence-corrected chi connectivity index (χ1v) is 2.78. The average molecular weight is 100 g/mol. The summed E-state index contributed by atoms with van der Waals surface area (Å²) in [5.41, 5.74) is 0. The zero-order chi connectivity index (χ0) is 5.28. The first-order valence-electron chi connectivity index (χ1n) is 2.78. The zero-order valence-corrected chi connectivity index (χ0v) is 4.55. The maximum absolute atomic E-state index is 10.2. The van der Waals surface area contributed by atoms with Gasteiger partial charge in [-0.3, -0.25) is 0 Å². The lowest BCUT2D eigenvalue weighted by atomic mass is 10.3. The largest absolute Gasteiger partial charge is 0.785 e. The van der Waals surface area contributed by atoms with Crippen LogP contribution in [0.15, 0.2) is 0 Å². The van der Waals surface area contributed by atoms with Crippen LogP contribution in [0.3, 0.4) is 0 Å². The van der Waals surface area contributed by atoms with Crippen LogP contribution >= 0.6 is 0 Å². The number of nitrogens with zero attached hydrogens (tertiary/aromatic N) is 1. The summed E-state index contributed by atoms with van der Waals surface area (Å²) in [6, 6.07) is 0.394. The molecule has 0 amide bonds. The summed E-state index contributed by atoms with van der Waals surface area (Å²) in [6.45, 7) is 2.89. The normalized spacial score (nSPS) is 38.6. The van der Waals surface area contributed by atoms with Gasteiger partial charge in [-0.25, -0.2) is 0 Å². The second-order valence-electron chi connectivity index (χ2n) is 2.04. The van der Waals surface area contributed by atoms with E-state index in [4.69, 9.17) is 0 Å². The van der Waals surface area contributed by atoms with Gasteiger partial charge in [0.1, 0.15) is 0 Å². The maximum atomic E-state index is 10.2. The van der Waals surface area contributed by atoms with E-state index in [1.54, 1.807) is 0 Å². The van der Waals surface area contributed by atoms with Crippen molar-refractivity contribution in [2.45, 2.75) is 25.8 Å². The quantitative estimate of drug-likeness (QED) is 0.483. The first kappa shape index (κ1) is 5.06. The van der Waals surface area contributed by atoms with E-state index in [2.05, 4.69) is 6.92 Å². The zero-order valence-electron chi connectivity index (χ0n) is 4.55. The van der Waals surface area contributed by atoms with Crippen molar-refractivity contribution in [1.82, 2.24) is 5.06 Å². The van der Waals surface area contributed by atoms with Crippen molar-refractivity contribution < 1.29 is 0 Å². The molecule has 0 aliphatic carbocycles. The van der Waals surface area contributed by atoms with Crippen molar-refractivity contribution in [1.29, 1.82) is 0 Å². The van der Waals surface area contributed by atoms with Gasteiger partial charge in [-0.05, 0) is 6.42 Å². The van der Waals surface area contributed by atoms with Gasteiger partial charge in [0.2, 0.25) is 0 Å². The van der Waals surface area contributed by atoms with E-state index >= 15 is 0 Å². The Morgan fingerprint density at radius 1 is 1.86 bits per heavy atom. The van der Waals surface area contributed by atoms with Gasteiger partial charge in [0, 0.05) is 12.6 Å². The van der Waals surface area contributed by atoms with Crippen molar-refractivity contribution in [3.05, 3.63) is 5.21 Å². The van der Waals surface area contributed by atoms with Gasteiger partial charge in [-0.15, -0.1) is 0 Å². The Balaban J connectivity index is 1.98. The number of hydroxylamine groups is 2. The summed E-state index contributed by atoms with van der Waals surface area (Å²) < 4.78 is 0. The Kier molecular flexibility index (Phi) is 1.30. The molecule has 42 valence electrons. The number of hydrogen-bond donors (Lipinski definition) is 0. The molecule has 1 fully saturated rings. The molecule has 2 nitrogen and oxygen atoms in total. The number of rotatable bonds is 2. The predicted octanol–water partition coefficient (Wildman–Crippen LogP) is 0.969. The van der Waals surface area contributed by atoms with Crippen LogP contribution in [0.4, 0.5) is 0 Å². The van der Waals surface area contributed by atoms with E-state index in [1.165, 1.54) is 0 Å². The van der Waals surface area contributed by atoms with Crippen molar-refractivity contribution in [2.75, 3.05) is 6.54 Å². The molecule has 0 aromatic heterocycles. The van der Waals surface area contributed by atoms with Crippen LogP contribution in [0.5, 0.6) is 0 Å². The topological polar surface area (TPSA) is 26.1 Å². The third kappa shape index (κ3) is 1.14. The van der Waals surface area contributed by atoms with Gasteiger partial charge in [0.15, 0.2) is 0 Å². The molecule has 2 heteroatoms. The fraction of sp³-hybridized carbons (Fsp3) is 1.00. The smallest absolute Gasteiger partial charge is 0.00947 e. The standard InChI is InChI=1S/C5H10NO/c1-2-3-5-4-6(5)7/h5H,2-4H2,1H3/q-1. The maximum Gasteiger partial charge on any atom is 0.00947 e. The fourth-order valence-corrected chi connectivity index (χ4v) is 0.729. The highest BCUT2D eigenvalue weighted by Crippen LogP contribution is 2.18. The van der Waals surface area contributed by atoms with Crippen LogP contribution in [-0.4, -0.2) is 17.6 Å². The highest BCUT2D eigenvalue weighted by molar-refractivity contribution is 4.88. The van der Waals surface area contributed by atoms with Crippen molar-refractivity contribution >= 4 is 0 Å². The minimum absolute atomic E-state index is 0.394. The molecule has 1 saturated heterocycles. The van der Waals surface area contributed by atoms with E-state index < -0.39 is 0 Å². The van der Waals surface area contributed by atoms with Crippen molar-refractivity contribution in [3.8, 4) is 0 Å². The molecule has 0 bridgehead atoms. The van der Waals surface area contributed by atoms with Crippen molar-refractivity contribution in [2.24, 2.45) is 0 Å². The van der Waals surface area contributed by atoms with E-state index in [-0.39, 0.29) is 0 Å². The van der Waals surface area contributed by atoms with E-state index in [0.29, 0.717) is 6.04 Å². The molecule has 0 radical (unpaired) electrons. The van der Waals surface area contributed by atoms with Gasteiger partial charge in [-0.2, -0.15) is 0 Å². The lowest BCUT2D eigenvalue weighted by Crippen LogP contribution is -1.89. The van der Waals surface area contributed by atoms with Crippen molar-refractivity contribution in [3.63, 3.8) is 0 Å². The molecular formula is C5H10NO-. The Labute approximate surface area is 43.7 Å². The van der Waals surface area contributed by atoms with Gasteiger partial charge in [0.25, 0.3) is 0 Å². The average Bonchev–Trinajstić information content (AvgIpc) is 2.22. The molecule has 1 rings (SSSR count). The Morgan fingerprint density at radius 3 is 2.57 bits per heavy atom. The minimum atomic E-state index is 0.394. The van der Waals surface area contributed by atoms with Gasteiger partial charge < -0.3 is 10.3 Å².